The van der Waals surface area contributed by atoms with E-state index < -0.39 is 22.4 Å². The number of ether oxygens (including phenoxy) is 1. The number of hydrogen-bond donors (Lipinski definition) is 0. The lowest BCUT2D eigenvalue weighted by Crippen LogP contribution is -2.12. The molecule has 3 rings (SSSR count). The summed E-state index contributed by atoms with van der Waals surface area (Å²) in [6.07, 6.45) is 3.04. The molecule has 1 atom stereocenters. The van der Waals surface area contributed by atoms with E-state index in [9.17, 15) is 18.0 Å². The van der Waals surface area contributed by atoms with Crippen LogP contribution in [0.5, 0.6) is 0 Å². The van der Waals surface area contributed by atoms with Crippen molar-refractivity contribution < 1.29 is 22.7 Å². The summed E-state index contributed by atoms with van der Waals surface area (Å²) in [7, 11) is -3.08. The molecular formula is C17H16Cl2N2O5S2. The molecule has 1 saturated heterocycles. The maximum absolute atomic E-state index is 11.9. The predicted molar refractivity (Wildman–Crippen MR) is 108 cm³/mol. The molecule has 28 heavy (non-hydrogen) atoms. The molecule has 2 aromatic rings. The molecule has 0 saturated carbocycles. The van der Waals surface area contributed by atoms with Crippen LogP contribution in [0.15, 0.2) is 18.2 Å². The van der Waals surface area contributed by atoms with E-state index in [1.807, 2.05) is 0 Å². The van der Waals surface area contributed by atoms with Gasteiger partial charge in [-0.2, -0.15) is 5.10 Å². The Bertz CT molecular complexity index is 1060. The van der Waals surface area contributed by atoms with Crippen molar-refractivity contribution in [1.82, 2.24) is 9.78 Å². The largest absolute Gasteiger partial charge is 0.454 e. The quantitative estimate of drug-likeness (QED) is 0.371. The van der Waals surface area contributed by atoms with Gasteiger partial charge in [0.1, 0.15) is 5.15 Å². The van der Waals surface area contributed by atoms with Gasteiger partial charge >= 0.3 is 5.97 Å². The smallest absolute Gasteiger partial charge is 0.331 e. The van der Waals surface area contributed by atoms with Gasteiger partial charge < -0.3 is 4.74 Å². The molecule has 7 nitrogen and oxygen atoms in total. The SMILES string of the molecule is Cc1nn(C2CCS(=O)(=O)C2)c(Cl)c1/C=C/C(=O)OCC(=O)c1ccc(Cl)s1. The topological polar surface area (TPSA) is 95.3 Å². The van der Waals surface area contributed by atoms with Gasteiger partial charge in [-0.25, -0.2) is 17.9 Å². The summed E-state index contributed by atoms with van der Waals surface area (Å²) < 4.78 is 30.2. The summed E-state index contributed by atoms with van der Waals surface area (Å²) in [5, 5.41) is 4.56. The lowest BCUT2D eigenvalue weighted by atomic mass is 10.2. The summed E-state index contributed by atoms with van der Waals surface area (Å²) >= 11 is 13.2. The number of Topliss-reactive ketones (excluding diaryl/α,β-unsaturated/α-hetero) is 1. The van der Waals surface area contributed by atoms with Crippen LogP contribution in [-0.4, -0.2) is 48.1 Å². The summed E-state index contributed by atoms with van der Waals surface area (Å²) in [6, 6.07) is 2.85. The van der Waals surface area contributed by atoms with E-state index in [0.29, 0.717) is 26.9 Å². The average molecular weight is 463 g/mol. The lowest BCUT2D eigenvalue weighted by Gasteiger charge is -2.09. The molecule has 1 unspecified atom stereocenters. The minimum absolute atomic E-state index is 0.00607. The zero-order valence-corrected chi connectivity index (χ0v) is 17.9. The molecule has 3 heterocycles. The van der Waals surface area contributed by atoms with E-state index >= 15 is 0 Å². The Labute approximate surface area is 175 Å². The Hall–Kier alpha value is -1.68. The number of halogens is 2. The Morgan fingerprint density at radius 3 is 2.75 bits per heavy atom. The molecule has 0 bridgehead atoms. The van der Waals surface area contributed by atoms with Crippen LogP contribution >= 0.6 is 34.5 Å². The molecule has 0 aromatic carbocycles. The van der Waals surface area contributed by atoms with Crippen LogP contribution < -0.4 is 0 Å². The van der Waals surface area contributed by atoms with Crippen molar-refractivity contribution >= 4 is 62.2 Å². The fourth-order valence-corrected chi connectivity index (χ4v) is 5.84. The van der Waals surface area contributed by atoms with E-state index in [2.05, 4.69) is 5.10 Å². The van der Waals surface area contributed by atoms with Crippen molar-refractivity contribution in [3.63, 3.8) is 0 Å². The zero-order valence-electron chi connectivity index (χ0n) is 14.7. The number of sulfone groups is 1. The molecule has 150 valence electrons. The lowest BCUT2D eigenvalue weighted by molar-refractivity contribution is -0.136. The van der Waals surface area contributed by atoms with Gasteiger partial charge in [0.25, 0.3) is 0 Å². The second-order valence-corrected chi connectivity index (χ2v) is 10.6. The maximum atomic E-state index is 11.9. The highest BCUT2D eigenvalue weighted by Gasteiger charge is 2.31. The Kier molecular flexibility index (Phi) is 6.28. The summed E-state index contributed by atoms with van der Waals surface area (Å²) in [6.45, 7) is 1.31. The molecule has 0 spiro atoms. The number of carbonyl (C=O) groups excluding carboxylic acids is 2. The van der Waals surface area contributed by atoms with Crippen molar-refractivity contribution in [2.24, 2.45) is 0 Å². The van der Waals surface area contributed by atoms with Gasteiger partial charge in [0.05, 0.1) is 32.5 Å². The van der Waals surface area contributed by atoms with Gasteiger partial charge in [0.15, 0.2) is 16.4 Å². The fourth-order valence-electron chi connectivity index (χ4n) is 2.80. The van der Waals surface area contributed by atoms with Gasteiger partial charge in [-0.1, -0.05) is 23.2 Å². The first-order valence-electron chi connectivity index (χ1n) is 8.24. The highest BCUT2D eigenvalue weighted by Crippen LogP contribution is 2.30. The van der Waals surface area contributed by atoms with Gasteiger partial charge in [0, 0.05) is 11.6 Å². The molecule has 1 fully saturated rings. The molecule has 1 aliphatic heterocycles. The average Bonchev–Trinajstić information content (AvgIpc) is 3.29. The number of aromatic nitrogens is 2. The number of esters is 1. The second-order valence-electron chi connectivity index (χ2n) is 6.26. The van der Waals surface area contributed by atoms with E-state index in [4.69, 9.17) is 27.9 Å². The fraction of sp³-hybridized carbons (Fsp3) is 0.353. The first kappa shape index (κ1) is 21.0. The highest BCUT2D eigenvalue weighted by molar-refractivity contribution is 7.91. The third kappa shape index (κ3) is 4.83. The zero-order chi connectivity index (χ0) is 20.5. The van der Waals surface area contributed by atoms with Gasteiger partial charge in [-0.15, -0.1) is 11.3 Å². The van der Waals surface area contributed by atoms with Crippen molar-refractivity contribution in [2.45, 2.75) is 19.4 Å². The van der Waals surface area contributed by atoms with Crippen LogP contribution in [0, 0.1) is 6.92 Å². The van der Waals surface area contributed by atoms with Crippen LogP contribution in [0.25, 0.3) is 6.08 Å². The van der Waals surface area contributed by atoms with Gasteiger partial charge in [-0.3, -0.25) is 4.79 Å². The standard InChI is InChI=1S/C17H16Cl2N2O5S2/c1-10-12(17(19)21(20-10)11-6-7-28(24,25)9-11)2-5-16(23)26-8-13(22)14-3-4-15(18)27-14/h2-5,11H,6-9H2,1H3/b5-2+. The summed E-state index contributed by atoms with van der Waals surface area (Å²) in [4.78, 5) is 24.2. The molecule has 11 heteroatoms. The highest BCUT2D eigenvalue weighted by atomic mass is 35.5. The van der Waals surface area contributed by atoms with Crippen LogP contribution in [0.2, 0.25) is 9.49 Å². The van der Waals surface area contributed by atoms with Gasteiger partial charge in [0.2, 0.25) is 5.78 Å². The maximum Gasteiger partial charge on any atom is 0.331 e. The van der Waals surface area contributed by atoms with Crippen LogP contribution in [0.3, 0.4) is 0 Å². The van der Waals surface area contributed by atoms with E-state index in [-0.39, 0.29) is 28.5 Å². The molecule has 0 amide bonds. The second kappa shape index (κ2) is 8.36. The van der Waals surface area contributed by atoms with Crippen molar-refractivity contribution in [2.75, 3.05) is 18.1 Å². The monoisotopic (exact) mass is 462 g/mol. The minimum atomic E-state index is -3.08. The Morgan fingerprint density at radius 1 is 1.39 bits per heavy atom. The van der Waals surface area contributed by atoms with E-state index in [0.717, 1.165) is 17.4 Å². The first-order chi connectivity index (χ1) is 13.2. The Balaban J connectivity index is 1.64. The van der Waals surface area contributed by atoms with E-state index in [1.54, 1.807) is 19.1 Å². The predicted octanol–water partition coefficient (Wildman–Crippen LogP) is 3.36. The first-order valence-corrected chi connectivity index (χ1v) is 11.6. The van der Waals surface area contributed by atoms with Gasteiger partial charge in [-0.05, 0) is 31.6 Å². The van der Waals surface area contributed by atoms with Crippen molar-refractivity contribution in [3.05, 3.63) is 43.8 Å². The third-order valence-electron chi connectivity index (χ3n) is 4.20. The van der Waals surface area contributed by atoms with E-state index in [1.165, 1.54) is 10.8 Å². The number of aryl methyl sites for hydroxylation is 1. The van der Waals surface area contributed by atoms with Crippen LogP contribution in [0.4, 0.5) is 0 Å². The number of ketones is 1. The number of thiophene rings is 1. The molecule has 0 aliphatic carbocycles. The minimum Gasteiger partial charge on any atom is -0.454 e. The Morgan fingerprint density at radius 2 is 2.14 bits per heavy atom. The summed E-state index contributed by atoms with van der Waals surface area (Å²) in [5.74, 6) is -0.951. The number of rotatable bonds is 6. The number of hydrogen-bond acceptors (Lipinski definition) is 7. The molecule has 0 radical (unpaired) electrons. The third-order valence-corrected chi connectivity index (χ3v) is 7.60. The molecular weight excluding hydrogens is 447 g/mol. The molecule has 2 aromatic heterocycles. The normalized spacial score (nSPS) is 18.6. The molecule has 1 aliphatic rings. The van der Waals surface area contributed by atoms with Crippen LogP contribution in [-0.2, 0) is 19.4 Å². The molecule has 0 N–H and O–H groups in total. The van der Waals surface area contributed by atoms with Crippen molar-refractivity contribution in [1.29, 1.82) is 0 Å². The number of nitrogens with zero attached hydrogens (tertiary/aromatic N) is 2. The number of carbonyl (C=O) groups is 2. The van der Waals surface area contributed by atoms with Crippen LogP contribution in [0.1, 0.15) is 33.4 Å². The van der Waals surface area contributed by atoms with Crippen molar-refractivity contribution in [3.8, 4) is 0 Å². The summed E-state index contributed by atoms with van der Waals surface area (Å²) in [5.41, 5.74) is 1.06.